The number of aryl methyl sites for hydroxylation is 1. The Morgan fingerprint density at radius 3 is 2.78 bits per heavy atom. The molecule has 0 spiro atoms. The summed E-state index contributed by atoms with van der Waals surface area (Å²) in [7, 11) is 1.49. The molecule has 0 radical (unpaired) electrons. The van der Waals surface area contributed by atoms with E-state index in [4.69, 9.17) is 17.2 Å². The van der Waals surface area contributed by atoms with E-state index >= 15 is 0 Å². The van der Waals surface area contributed by atoms with Crippen LogP contribution < -0.4 is 10.1 Å². The van der Waals surface area contributed by atoms with Gasteiger partial charge in [0.15, 0.2) is 0 Å². The molecular formula is C16H13FN4OS. The minimum Gasteiger partial charge on any atom is -0.494 e. The predicted molar refractivity (Wildman–Crippen MR) is 90.0 cm³/mol. The number of halogens is 1. The summed E-state index contributed by atoms with van der Waals surface area (Å²) in [6, 6.07) is 7.93. The molecule has 0 unspecified atom stereocenters. The normalized spacial score (nSPS) is 10.6. The summed E-state index contributed by atoms with van der Waals surface area (Å²) >= 11 is 4.74. The lowest BCUT2D eigenvalue weighted by Gasteiger charge is -2.13. The summed E-state index contributed by atoms with van der Waals surface area (Å²) in [5, 5.41) is 4.02. The molecule has 1 aromatic heterocycles. The molecule has 0 aliphatic heterocycles. The van der Waals surface area contributed by atoms with Crippen molar-refractivity contribution in [3.63, 3.8) is 0 Å². The number of nitrogens with zero attached hydrogens (tertiary/aromatic N) is 3. The monoisotopic (exact) mass is 328 g/mol. The van der Waals surface area contributed by atoms with E-state index in [1.54, 1.807) is 12.1 Å². The zero-order chi connectivity index (χ0) is 16.4. The van der Waals surface area contributed by atoms with Crippen LogP contribution >= 0.6 is 0 Å². The highest BCUT2D eigenvalue weighted by atomic mass is 32.1. The van der Waals surface area contributed by atoms with Gasteiger partial charge < -0.3 is 10.1 Å². The quantitative estimate of drug-likeness (QED) is 0.778. The van der Waals surface area contributed by atoms with Gasteiger partial charge in [0.25, 0.3) is 0 Å². The molecule has 0 amide bonds. The molecule has 7 heteroatoms. The van der Waals surface area contributed by atoms with Crippen molar-refractivity contribution in [1.29, 1.82) is 0 Å². The van der Waals surface area contributed by atoms with Crippen molar-refractivity contribution in [2.24, 2.45) is 4.36 Å². The molecule has 0 aliphatic carbocycles. The van der Waals surface area contributed by atoms with Crippen LogP contribution in [-0.2, 0) is 12.4 Å². The summed E-state index contributed by atoms with van der Waals surface area (Å²) in [6.07, 6.45) is 1.45. The summed E-state index contributed by atoms with van der Waals surface area (Å²) in [5.74, 6) is 0.632. The zero-order valence-electron chi connectivity index (χ0n) is 12.5. The molecular weight excluding hydrogens is 315 g/mol. The first-order chi connectivity index (χ1) is 11.1. The van der Waals surface area contributed by atoms with E-state index in [9.17, 15) is 4.39 Å². The number of aromatic nitrogens is 2. The van der Waals surface area contributed by atoms with Gasteiger partial charge in [0.2, 0.25) is 0 Å². The predicted octanol–water partition coefficient (Wildman–Crippen LogP) is 4.19. The molecule has 5 nitrogen and oxygen atoms in total. The third-order valence-electron chi connectivity index (χ3n) is 3.44. The number of ether oxygens (including phenoxy) is 1. The fraction of sp³-hybridized carbons (Fsp3) is 0.125. The number of fused-ring (bicyclic) bond motifs is 1. The molecule has 0 saturated carbocycles. The Hall–Kier alpha value is -2.67. The first-order valence-electron chi connectivity index (χ1n) is 6.81. The molecule has 0 saturated heterocycles. The Morgan fingerprint density at radius 1 is 1.22 bits per heavy atom. The molecule has 3 aromatic rings. The van der Waals surface area contributed by atoms with E-state index in [-0.39, 0.29) is 5.82 Å². The SMILES string of the molecule is COc1cc(F)ccc1Nc1ncnc2cc(N=S)cc(C)c12. The second-order valence-electron chi connectivity index (χ2n) is 4.94. The van der Waals surface area contributed by atoms with Crippen molar-refractivity contribution in [2.75, 3.05) is 12.4 Å². The third-order valence-corrected chi connectivity index (χ3v) is 3.65. The number of hydrogen-bond acceptors (Lipinski definition) is 6. The number of hydrogen-bond donors (Lipinski definition) is 1. The van der Waals surface area contributed by atoms with Crippen molar-refractivity contribution >= 4 is 40.5 Å². The standard InChI is InChI=1S/C16H13FN4OS/c1-9-5-11(21-23)7-13-15(9)16(19-8-18-13)20-12-4-3-10(17)6-14(12)22-2/h3-8H,1-2H3,(H,18,19,20). The topological polar surface area (TPSA) is 59.4 Å². The lowest BCUT2D eigenvalue weighted by Crippen LogP contribution is -1.99. The molecule has 116 valence electrons. The van der Waals surface area contributed by atoms with Crippen LogP contribution in [0.25, 0.3) is 10.9 Å². The highest BCUT2D eigenvalue weighted by Crippen LogP contribution is 2.33. The van der Waals surface area contributed by atoms with Crippen LogP contribution in [0, 0.1) is 12.7 Å². The van der Waals surface area contributed by atoms with Crippen molar-refractivity contribution < 1.29 is 9.13 Å². The first kappa shape index (κ1) is 15.2. The summed E-state index contributed by atoms with van der Waals surface area (Å²) < 4.78 is 22.3. The maximum atomic E-state index is 13.3. The van der Waals surface area contributed by atoms with Gasteiger partial charge in [0.1, 0.15) is 23.7 Å². The molecule has 0 atom stereocenters. The van der Waals surface area contributed by atoms with E-state index in [0.717, 1.165) is 16.5 Å². The summed E-state index contributed by atoms with van der Waals surface area (Å²) in [6.45, 7) is 1.93. The highest BCUT2D eigenvalue weighted by Gasteiger charge is 2.11. The Labute approximate surface area is 137 Å². The van der Waals surface area contributed by atoms with Crippen LogP contribution in [-0.4, -0.2) is 17.1 Å². The second kappa shape index (κ2) is 6.21. The Bertz CT molecular complexity index is 901. The van der Waals surface area contributed by atoms with Crippen LogP contribution in [0.4, 0.5) is 21.6 Å². The fourth-order valence-corrected chi connectivity index (χ4v) is 2.52. The van der Waals surface area contributed by atoms with E-state index < -0.39 is 0 Å². The van der Waals surface area contributed by atoms with E-state index in [2.05, 4.69) is 19.6 Å². The van der Waals surface area contributed by atoms with E-state index in [1.807, 2.05) is 13.0 Å². The van der Waals surface area contributed by atoms with Crippen LogP contribution in [0.2, 0.25) is 0 Å². The van der Waals surface area contributed by atoms with E-state index in [1.165, 1.54) is 25.6 Å². The lowest BCUT2D eigenvalue weighted by molar-refractivity contribution is 0.413. The van der Waals surface area contributed by atoms with Gasteiger partial charge >= 0.3 is 0 Å². The highest BCUT2D eigenvalue weighted by molar-refractivity contribution is 7.47. The molecule has 1 N–H and O–H groups in total. The fourth-order valence-electron chi connectivity index (χ4n) is 2.42. The molecule has 23 heavy (non-hydrogen) atoms. The Balaban J connectivity index is 2.12. The van der Waals surface area contributed by atoms with E-state index in [0.29, 0.717) is 22.9 Å². The number of methoxy groups -OCH3 is 1. The molecule has 0 aliphatic rings. The van der Waals surface area contributed by atoms with Gasteiger partial charge in [-0.3, -0.25) is 0 Å². The molecule has 0 bridgehead atoms. The van der Waals surface area contributed by atoms with Crippen LogP contribution in [0.15, 0.2) is 41.0 Å². The average Bonchev–Trinajstić information content (AvgIpc) is 2.56. The number of nitrogens with one attached hydrogen (secondary N) is 1. The molecule has 2 aromatic carbocycles. The minimum absolute atomic E-state index is 0.368. The zero-order valence-corrected chi connectivity index (χ0v) is 13.3. The summed E-state index contributed by atoms with van der Waals surface area (Å²) in [5.41, 5.74) is 2.96. The van der Waals surface area contributed by atoms with Gasteiger partial charge in [-0.1, -0.05) is 0 Å². The minimum atomic E-state index is -0.368. The molecule has 0 fully saturated rings. The maximum Gasteiger partial charge on any atom is 0.145 e. The van der Waals surface area contributed by atoms with Crippen molar-refractivity contribution in [3.8, 4) is 5.75 Å². The smallest absolute Gasteiger partial charge is 0.145 e. The Morgan fingerprint density at radius 2 is 2.04 bits per heavy atom. The number of rotatable bonds is 4. The van der Waals surface area contributed by atoms with Gasteiger partial charge in [0.05, 0.1) is 24.0 Å². The van der Waals surface area contributed by atoms with Crippen molar-refractivity contribution in [3.05, 3.63) is 48.0 Å². The van der Waals surface area contributed by atoms with Crippen LogP contribution in [0.5, 0.6) is 5.75 Å². The van der Waals surface area contributed by atoms with Crippen molar-refractivity contribution in [2.45, 2.75) is 6.92 Å². The summed E-state index contributed by atoms with van der Waals surface area (Å²) in [4.78, 5) is 8.55. The van der Waals surface area contributed by atoms with Gasteiger partial charge in [-0.25, -0.2) is 14.4 Å². The van der Waals surface area contributed by atoms with Gasteiger partial charge in [-0.05, 0) is 36.8 Å². The van der Waals surface area contributed by atoms with Crippen LogP contribution in [0.3, 0.4) is 0 Å². The second-order valence-corrected chi connectivity index (χ2v) is 5.12. The largest absolute Gasteiger partial charge is 0.494 e. The van der Waals surface area contributed by atoms with Gasteiger partial charge in [0, 0.05) is 23.9 Å². The van der Waals surface area contributed by atoms with Crippen LogP contribution in [0.1, 0.15) is 5.56 Å². The average molecular weight is 328 g/mol. The van der Waals surface area contributed by atoms with Gasteiger partial charge in [-0.2, -0.15) is 4.36 Å². The third kappa shape index (κ3) is 2.95. The maximum absolute atomic E-state index is 13.3. The Kier molecular flexibility index (Phi) is 4.12. The lowest BCUT2D eigenvalue weighted by atomic mass is 10.1. The first-order valence-corrected chi connectivity index (χ1v) is 7.18. The molecule has 1 heterocycles. The molecule has 3 rings (SSSR count). The number of benzene rings is 2. The van der Waals surface area contributed by atoms with Crippen molar-refractivity contribution in [1.82, 2.24) is 9.97 Å². The number of anilines is 2. The van der Waals surface area contributed by atoms with Gasteiger partial charge in [-0.15, -0.1) is 0 Å².